The number of benzene rings is 1. The van der Waals surface area contributed by atoms with E-state index in [1.54, 1.807) is 13.2 Å². The van der Waals surface area contributed by atoms with Crippen molar-refractivity contribution in [1.82, 2.24) is 0 Å². The van der Waals surface area contributed by atoms with Crippen molar-refractivity contribution in [1.29, 1.82) is 0 Å². The van der Waals surface area contributed by atoms with Gasteiger partial charge in [-0.1, -0.05) is 20.8 Å². The lowest BCUT2D eigenvalue weighted by Crippen LogP contribution is -2.35. The Morgan fingerprint density at radius 1 is 1.41 bits per heavy atom. The lowest BCUT2D eigenvalue weighted by atomic mass is 9.70. The molecule has 22 heavy (non-hydrogen) atoms. The second-order valence-corrected chi connectivity index (χ2v) is 7.87. The second-order valence-electron chi connectivity index (χ2n) is 7.02. The molecule has 0 spiro atoms. The molecule has 1 aromatic carbocycles. The fourth-order valence-electron chi connectivity index (χ4n) is 3.64. The van der Waals surface area contributed by atoms with Gasteiger partial charge < -0.3 is 10.1 Å². The van der Waals surface area contributed by atoms with Crippen molar-refractivity contribution < 1.29 is 9.66 Å². The Balaban J connectivity index is 2.29. The Bertz CT molecular complexity index is 575. The molecule has 1 fully saturated rings. The average Bonchev–Trinajstić information content (AvgIpc) is 2.37. The average molecular weight is 371 g/mol. The Morgan fingerprint density at radius 3 is 2.64 bits per heavy atom. The Kier molecular flexibility index (Phi) is 5.00. The zero-order chi connectivity index (χ0) is 16.5. The summed E-state index contributed by atoms with van der Waals surface area (Å²) in [7, 11) is 1.56. The van der Waals surface area contributed by atoms with E-state index in [9.17, 15) is 10.1 Å². The van der Waals surface area contributed by atoms with Crippen LogP contribution in [0.2, 0.25) is 0 Å². The molecule has 0 heterocycles. The third-order valence-corrected chi connectivity index (χ3v) is 4.83. The molecule has 0 amide bonds. The van der Waals surface area contributed by atoms with Crippen LogP contribution in [0.25, 0.3) is 0 Å². The summed E-state index contributed by atoms with van der Waals surface area (Å²) in [6, 6.07) is 3.44. The minimum absolute atomic E-state index is 0.0729. The molecular weight excluding hydrogens is 348 g/mol. The molecule has 6 heteroatoms. The van der Waals surface area contributed by atoms with Gasteiger partial charge in [0, 0.05) is 18.2 Å². The second kappa shape index (κ2) is 6.44. The van der Waals surface area contributed by atoms with E-state index < -0.39 is 0 Å². The van der Waals surface area contributed by atoms with Gasteiger partial charge in [0.05, 0.1) is 16.5 Å². The van der Waals surface area contributed by atoms with Crippen molar-refractivity contribution in [2.75, 3.05) is 12.4 Å². The lowest BCUT2D eigenvalue weighted by molar-refractivity contribution is -0.384. The van der Waals surface area contributed by atoms with Crippen LogP contribution >= 0.6 is 15.9 Å². The summed E-state index contributed by atoms with van der Waals surface area (Å²) in [5.41, 5.74) is 0.854. The number of ether oxygens (including phenoxy) is 1. The number of nitro groups is 1. The van der Waals surface area contributed by atoms with Gasteiger partial charge in [-0.2, -0.15) is 0 Å². The van der Waals surface area contributed by atoms with E-state index in [1.807, 2.05) is 0 Å². The molecule has 1 aliphatic rings. The maximum absolute atomic E-state index is 11.3. The molecule has 0 unspecified atom stereocenters. The van der Waals surface area contributed by atoms with Crippen LogP contribution in [0.5, 0.6) is 5.75 Å². The highest BCUT2D eigenvalue weighted by molar-refractivity contribution is 9.10. The maximum atomic E-state index is 11.3. The number of hydrogen-bond acceptors (Lipinski definition) is 4. The van der Waals surface area contributed by atoms with Crippen LogP contribution in [-0.4, -0.2) is 18.1 Å². The standard InChI is InChI=1S/C16H23BrN2O3/c1-10-5-11(9-16(2,3)8-10)18-13-7-15(22-4)12(17)6-14(13)19(20)21/h6-7,10-11,18H,5,8-9H2,1-4H3/t10-,11+/m1/s1. The van der Waals surface area contributed by atoms with Crippen LogP contribution in [-0.2, 0) is 0 Å². The first-order valence-electron chi connectivity index (χ1n) is 7.50. The molecule has 2 atom stereocenters. The first-order valence-corrected chi connectivity index (χ1v) is 8.29. The minimum atomic E-state index is -0.357. The van der Waals surface area contributed by atoms with E-state index in [-0.39, 0.29) is 22.1 Å². The van der Waals surface area contributed by atoms with Gasteiger partial charge in [-0.25, -0.2) is 0 Å². The number of rotatable bonds is 4. The topological polar surface area (TPSA) is 64.4 Å². The van der Waals surface area contributed by atoms with Crippen molar-refractivity contribution >= 4 is 27.3 Å². The zero-order valence-corrected chi connectivity index (χ0v) is 15.1. The molecule has 0 bridgehead atoms. The molecule has 1 aromatic rings. The fraction of sp³-hybridized carbons (Fsp3) is 0.625. The van der Waals surface area contributed by atoms with Crippen LogP contribution in [0, 0.1) is 21.4 Å². The maximum Gasteiger partial charge on any atom is 0.293 e. The van der Waals surface area contributed by atoms with Gasteiger partial charge >= 0.3 is 0 Å². The van der Waals surface area contributed by atoms with Gasteiger partial charge in [0.15, 0.2) is 0 Å². The molecule has 1 N–H and O–H groups in total. The van der Waals surface area contributed by atoms with Gasteiger partial charge in [0.25, 0.3) is 5.69 Å². The molecule has 0 aliphatic heterocycles. The molecule has 1 saturated carbocycles. The number of halogens is 1. The predicted molar refractivity (Wildman–Crippen MR) is 91.6 cm³/mol. The zero-order valence-electron chi connectivity index (χ0n) is 13.5. The summed E-state index contributed by atoms with van der Waals surface area (Å²) in [6.07, 6.45) is 3.22. The number of nitrogens with zero attached hydrogens (tertiary/aromatic N) is 1. The smallest absolute Gasteiger partial charge is 0.293 e. The number of nitrogens with one attached hydrogen (secondary N) is 1. The Hall–Kier alpha value is -1.30. The molecule has 0 aromatic heterocycles. The van der Waals surface area contributed by atoms with Gasteiger partial charge in [-0.05, 0) is 46.5 Å². The summed E-state index contributed by atoms with van der Waals surface area (Å²) in [4.78, 5) is 11.0. The van der Waals surface area contributed by atoms with Crippen molar-refractivity contribution in [2.45, 2.75) is 46.1 Å². The van der Waals surface area contributed by atoms with E-state index >= 15 is 0 Å². The number of nitro benzene ring substituents is 1. The van der Waals surface area contributed by atoms with Crippen molar-refractivity contribution in [3.05, 3.63) is 26.7 Å². The number of methoxy groups -OCH3 is 1. The van der Waals surface area contributed by atoms with Gasteiger partial charge in [-0.3, -0.25) is 10.1 Å². The highest BCUT2D eigenvalue weighted by Crippen LogP contribution is 2.42. The summed E-state index contributed by atoms with van der Waals surface area (Å²) in [6.45, 7) is 6.76. The third-order valence-electron chi connectivity index (χ3n) is 4.21. The monoisotopic (exact) mass is 370 g/mol. The molecule has 0 radical (unpaired) electrons. The van der Waals surface area contributed by atoms with Gasteiger partial charge in [-0.15, -0.1) is 0 Å². The summed E-state index contributed by atoms with van der Waals surface area (Å²) < 4.78 is 5.85. The van der Waals surface area contributed by atoms with Crippen molar-refractivity contribution in [2.24, 2.45) is 11.3 Å². The summed E-state index contributed by atoms with van der Waals surface area (Å²) in [5.74, 6) is 1.20. The highest BCUT2D eigenvalue weighted by atomic mass is 79.9. The van der Waals surface area contributed by atoms with Crippen LogP contribution < -0.4 is 10.1 Å². The SMILES string of the molecule is COc1cc(N[C@H]2C[C@@H](C)CC(C)(C)C2)c([N+](=O)[O-])cc1Br. The van der Waals surface area contributed by atoms with E-state index in [1.165, 1.54) is 12.5 Å². The quantitative estimate of drug-likeness (QED) is 0.598. The van der Waals surface area contributed by atoms with E-state index in [0.29, 0.717) is 21.8 Å². The van der Waals surface area contributed by atoms with Crippen LogP contribution in [0.3, 0.4) is 0 Å². The highest BCUT2D eigenvalue weighted by Gasteiger charge is 2.33. The molecule has 5 nitrogen and oxygen atoms in total. The molecule has 1 aliphatic carbocycles. The minimum Gasteiger partial charge on any atom is -0.495 e. The first kappa shape index (κ1) is 17.1. The van der Waals surface area contributed by atoms with Crippen LogP contribution in [0.1, 0.15) is 40.0 Å². The lowest BCUT2D eigenvalue weighted by Gasteiger charge is -2.39. The fourth-order valence-corrected chi connectivity index (χ4v) is 4.14. The predicted octanol–water partition coefficient (Wildman–Crippen LogP) is 4.99. The first-order chi connectivity index (χ1) is 10.2. The van der Waals surface area contributed by atoms with Gasteiger partial charge in [0.2, 0.25) is 0 Å². The molecule has 122 valence electrons. The van der Waals surface area contributed by atoms with E-state index in [4.69, 9.17) is 4.74 Å². The molecule has 0 saturated heterocycles. The normalized spacial score (nSPS) is 23.9. The van der Waals surface area contributed by atoms with E-state index in [0.717, 1.165) is 12.8 Å². The van der Waals surface area contributed by atoms with E-state index in [2.05, 4.69) is 42.0 Å². The van der Waals surface area contributed by atoms with Crippen LogP contribution in [0.4, 0.5) is 11.4 Å². The molecule has 2 rings (SSSR count). The summed E-state index contributed by atoms with van der Waals surface area (Å²) >= 11 is 3.31. The van der Waals surface area contributed by atoms with Crippen molar-refractivity contribution in [3.8, 4) is 5.75 Å². The Labute approximate surface area is 139 Å². The summed E-state index contributed by atoms with van der Waals surface area (Å²) in [5, 5.41) is 14.7. The number of hydrogen-bond donors (Lipinski definition) is 1. The third kappa shape index (κ3) is 3.91. The largest absolute Gasteiger partial charge is 0.495 e. The van der Waals surface area contributed by atoms with Gasteiger partial charge in [0.1, 0.15) is 11.4 Å². The molecular formula is C16H23BrN2O3. The Morgan fingerprint density at radius 2 is 2.09 bits per heavy atom. The van der Waals surface area contributed by atoms with Crippen LogP contribution in [0.15, 0.2) is 16.6 Å². The van der Waals surface area contributed by atoms with Crippen molar-refractivity contribution in [3.63, 3.8) is 0 Å². The number of anilines is 1.